The predicted octanol–water partition coefficient (Wildman–Crippen LogP) is 3.36. The molecule has 0 saturated carbocycles. The third kappa shape index (κ3) is 4.42. The van der Waals surface area contributed by atoms with E-state index in [1.54, 1.807) is 13.2 Å². The maximum Gasteiger partial charge on any atom is 0.128 e. The maximum atomic E-state index is 14.3. The molecule has 4 heteroatoms. The molecule has 0 radical (unpaired) electrons. The Kier molecular flexibility index (Phi) is 6.46. The molecule has 1 heterocycles. The van der Waals surface area contributed by atoms with E-state index in [4.69, 9.17) is 4.74 Å². The highest BCUT2D eigenvalue weighted by atomic mass is 19.1. The highest BCUT2D eigenvalue weighted by Gasteiger charge is 2.24. The van der Waals surface area contributed by atoms with Crippen LogP contribution in [0.2, 0.25) is 0 Å². The van der Waals surface area contributed by atoms with Crippen LogP contribution in [-0.4, -0.2) is 38.2 Å². The fraction of sp³-hybridized carbons (Fsp3) is 0.647. The van der Waals surface area contributed by atoms with E-state index in [0.717, 1.165) is 50.3 Å². The minimum absolute atomic E-state index is 0.115. The summed E-state index contributed by atoms with van der Waals surface area (Å²) in [5.74, 6) is 0.623. The van der Waals surface area contributed by atoms with Crippen LogP contribution in [0, 0.1) is 5.82 Å². The van der Waals surface area contributed by atoms with Crippen LogP contribution < -0.4 is 10.1 Å². The number of halogens is 1. The molecule has 0 bridgehead atoms. The van der Waals surface area contributed by atoms with Crippen LogP contribution in [-0.2, 0) is 0 Å². The molecule has 1 aromatic rings. The zero-order valence-corrected chi connectivity index (χ0v) is 13.2. The Bertz CT molecular complexity index is 433. The lowest BCUT2D eigenvalue weighted by Crippen LogP contribution is -2.45. The van der Waals surface area contributed by atoms with E-state index in [1.807, 2.05) is 6.07 Å². The molecule has 3 nitrogen and oxygen atoms in total. The fourth-order valence-corrected chi connectivity index (χ4v) is 3.02. The lowest BCUT2D eigenvalue weighted by Gasteiger charge is -2.35. The molecule has 1 saturated heterocycles. The topological polar surface area (TPSA) is 24.5 Å². The van der Waals surface area contributed by atoms with Gasteiger partial charge in [-0.3, -0.25) is 4.90 Å². The predicted molar refractivity (Wildman–Crippen MR) is 84.3 cm³/mol. The van der Waals surface area contributed by atoms with Crippen LogP contribution in [0.15, 0.2) is 18.2 Å². The van der Waals surface area contributed by atoms with Crippen molar-refractivity contribution in [2.75, 3.05) is 33.3 Å². The number of rotatable bonds is 7. The number of unbranched alkanes of at least 4 members (excludes halogenated alkanes) is 2. The third-order valence-corrected chi connectivity index (χ3v) is 4.24. The van der Waals surface area contributed by atoms with E-state index in [2.05, 4.69) is 17.1 Å². The SMILES string of the molecule is CCCCC[C@H](c1cc(OC)ccc1F)N1CCNCC1. The largest absolute Gasteiger partial charge is 0.497 e. The first-order valence-electron chi connectivity index (χ1n) is 8.04. The number of piperazine rings is 1. The molecule has 1 fully saturated rings. The average molecular weight is 294 g/mol. The first kappa shape index (κ1) is 16.2. The number of benzene rings is 1. The van der Waals surface area contributed by atoms with Gasteiger partial charge >= 0.3 is 0 Å². The quantitative estimate of drug-likeness (QED) is 0.780. The van der Waals surface area contributed by atoms with Gasteiger partial charge in [-0.25, -0.2) is 4.39 Å². The maximum absolute atomic E-state index is 14.3. The van der Waals surface area contributed by atoms with Crippen molar-refractivity contribution in [1.82, 2.24) is 10.2 Å². The number of ether oxygens (including phenoxy) is 1. The van der Waals surface area contributed by atoms with Gasteiger partial charge in [0.05, 0.1) is 7.11 Å². The summed E-state index contributed by atoms with van der Waals surface area (Å²) in [6.07, 6.45) is 4.54. The van der Waals surface area contributed by atoms with Gasteiger partial charge in [0.1, 0.15) is 11.6 Å². The Morgan fingerprint density at radius 1 is 1.29 bits per heavy atom. The molecule has 0 unspecified atom stereocenters. The standard InChI is InChI=1S/C17H27FN2O/c1-3-4-5-6-17(20-11-9-19-10-12-20)15-13-14(21-2)7-8-16(15)18/h7-8,13,17,19H,3-6,9-12H2,1-2H3/t17-/m1/s1. The molecule has 1 aliphatic heterocycles. The van der Waals surface area contributed by atoms with Crippen LogP contribution in [0.3, 0.4) is 0 Å². The Labute approximate surface area is 127 Å². The molecular weight excluding hydrogens is 267 g/mol. The summed E-state index contributed by atoms with van der Waals surface area (Å²) < 4.78 is 19.6. The van der Waals surface area contributed by atoms with E-state index in [9.17, 15) is 4.39 Å². The Hall–Kier alpha value is -1.13. The van der Waals surface area contributed by atoms with Gasteiger partial charge in [-0.2, -0.15) is 0 Å². The summed E-state index contributed by atoms with van der Waals surface area (Å²) in [6, 6.07) is 5.25. The van der Waals surface area contributed by atoms with E-state index >= 15 is 0 Å². The summed E-state index contributed by atoms with van der Waals surface area (Å²) in [7, 11) is 1.63. The van der Waals surface area contributed by atoms with Crippen molar-refractivity contribution in [3.63, 3.8) is 0 Å². The van der Waals surface area contributed by atoms with E-state index in [0.29, 0.717) is 0 Å². The van der Waals surface area contributed by atoms with Crippen LogP contribution >= 0.6 is 0 Å². The number of nitrogens with one attached hydrogen (secondary N) is 1. The van der Waals surface area contributed by atoms with Crippen LogP contribution in [0.1, 0.15) is 44.2 Å². The molecule has 0 aliphatic carbocycles. The summed E-state index contributed by atoms with van der Waals surface area (Å²) >= 11 is 0. The Morgan fingerprint density at radius 3 is 2.71 bits per heavy atom. The van der Waals surface area contributed by atoms with Crippen LogP contribution in [0.5, 0.6) is 5.75 Å². The summed E-state index contributed by atoms with van der Waals surface area (Å²) in [5.41, 5.74) is 0.785. The third-order valence-electron chi connectivity index (χ3n) is 4.24. The van der Waals surface area contributed by atoms with Crippen molar-refractivity contribution in [1.29, 1.82) is 0 Å². The zero-order chi connectivity index (χ0) is 15.1. The number of nitrogens with zero attached hydrogens (tertiary/aromatic N) is 1. The summed E-state index contributed by atoms with van der Waals surface area (Å²) in [5, 5.41) is 3.37. The van der Waals surface area contributed by atoms with Crippen molar-refractivity contribution in [2.45, 2.75) is 38.6 Å². The van der Waals surface area contributed by atoms with Gasteiger partial charge in [0, 0.05) is 37.8 Å². The van der Waals surface area contributed by atoms with E-state index < -0.39 is 0 Å². The molecule has 1 N–H and O–H groups in total. The van der Waals surface area contributed by atoms with Crippen molar-refractivity contribution in [2.24, 2.45) is 0 Å². The van der Waals surface area contributed by atoms with Crippen molar-refractivity contribution in [3.8, 4) is 5.75 Å². The zero-order valence-electron chi connectivity index (χ0n) is 13.2. The highest BCUT2D eigenvalue weighted by Crippen LogP contribution is 2.31. The van der Waals surface area contributed by atoms with Crippen LogP contribution in [0.4, 0.5) is 4.39 Å². The lowest BCUT2D eigenvalue weighted by atomic mass is 9.97. The van der Waals surface area contributed by atoms with Crippen molar-refractivity contribution < 1.29 is 9.13 Å². The second-order valence-corrected chi connectivity index (χ2v) is 5.68. The summed E-state index contributed by atoms with van der Waals surface area (Å²) in [4.78, 5) is 2.41. The molecule has 2 rings (SSSR count). The normalized spacial score (nSPS) is 17.7. The van der Waals surface area contributed by atoms with Gasteiger partial charge in [0.25, 0.3) is 0 Å². The van der Waals surface area contributed by atoms with Gasteiger partial charge in [-0.15, -0.1) is 0 Å². The summed E-state index contributed by atoms with van der Waals surface area (Å²) in [6.45, 7) is 6.12. The van der Waals surface area contributed by atoms with Gasteiger partial charge in [0.15, 0.2) is 0 Å². The number of hydrogen-bond acceptors (Lipinski definition) is 3. The molecule has 21 heavy (non-hydrogen) atoms. The van der Waals surface area contributed by atoms with Crippen molar-refractivity contribution >= 4 is 0 Å². The molecule has 0 amide bonds. The minimum atomic E-state index is -0.115. The molecule has 0 spiro atoms. The lowest BCUT2D eigenvalue weighted by molar-refractivity contribution is 0.159. The molecule has 1 aliphatic rings. The monoisotopic (exact) mass is 294 g/mol. The van der Waals surface area contributed by atoms with E-state index in [-0.39, 0.29) is 11.9 Å². The van der Waals surface area contributed by atoms with Gasteiger partial charge in [-0.05, 0) is 24.6 Å². The first-order valence-corrected chi connectivity index (χ1v) is 8.04. The van der Waals surface area contributed by atoms with E-state index in [1.165, 1.54) is 18.9 Å². The van der Waals surface area contributed by atoms with Crippen molar-refractivity contribution in [3.05, 3.63) is 29.6 Å². The minimum Gasteiger partial charge on any atom is -0.497 e. The number of methoxy groups -OCH3 is 1. The molecule has 0 aromatic heterocycles. The average Bonchev–Trinajstić information content (AvgIpc) is 2.53. The number of hydrogen-bond donors (Lipinski definition) is 1. The molecule has 1 aromatic carbocycles. The van der Waals surface area contributed by atoms with Gasteiger partial charge < -0.3 is 10.1 Å². The Balaban J connectivity index is 2.20. The molecule has 1 atom stereocenters. The second-order valence-electron chi connectivity index (χ2n) is 5.68. The van der Waals surface area contributed by atoms with Crippen LogP contribution in [0.25, 0.3) is 0 Å². The highest BCUT2D eigenvalue weighted by molar-refractivity contribution is 5.32. The molecule has 118 valence electrons. The molecular formula is C17H27FN2O. The fourth-order valence-electron chi connectivity index (χ4n) is 3.02. The van der Waals surface area contributed by atoms with Gasteiger partial charge in [-0.1, -0.05) is 26.2 Å². The first-order chi connectivity index (χ1) is 10.3. The second kappa shape index (κ2) is 8.35. The Morgan fingerprint density at radius 2 is 2.05 bits per heavy atom. The van der Waals surface area contributed by atoms with Gasteiger partial charge in [0.2, 0.25) is 0 Å². The smallest absolute Gasteiger partial charge is 0.128 e.